The number of nitrogen functional groups attached to an aromatic ring is 1. The van der Waals surface area contributed by atoms with E-state index in [2.05, 4.69) is 15.9 Å². The maximum Gasteiger partial charge on any atom is 0.124 e. The molecular weight excluding hydrogens is 329 g/mol. The van der Waals surface area contributed by atoms with E-state index in [0.717, 1.165) is 10.5 Å². The van der Waals surface area contributed by atoms with Crippen molar-refractivity contribution in [1.82, 2.24) is 0 Å². The largest absolute Gasteiger partial charge is 0.399 e. The zero-order valence-electron chi connectivity index (χ0n) is 10.3. The average molecular weight is 342 g/mol. The van der Waals surface area contributed by atoms with Crippen LogP contribution in [0.4, 0.5) is 10.1 Å². The van der Waals surface area contributed by atoms with Crippen molar-refractivity contribution in [2.24, 2.45) is 0 Å². The summed E-state index contributed by atoms with van der Waals surface area (Å²) < 4.78 is 26.2. The first-order chi connectivity index (χ1) is 8.95. The second-order valence-corrected chi connectivity index (χ2v) is 6.63. The maximum atomic E-state index is 13.3. The molecule has 0 spiro atoms. The van der Waals surface area contributed by atoms with E-state index in [4.69, 9.17) is 5.73 Å². The minimum Gasteiger partial charge on any atom is -0.399 e. The fourth-order valence-electron chi connectivity index (χ4n) is 1.85. The van der Waals surface area contributed by atoms with Gasteiger partial charge in [0, 0.05) is 15.1 Å². The van der Waals surface area contributed by atoms with Gasteiger partial charge in [0.15, 0.2) is 0 Å². The lowest BCUT2D eigenvalue weighted by Gasteiger charge is -2.07. The van der Waals surface area contributed by atoms with Crippen LogP contribution < -0.4 is 5.73 Å². The molecule has 2 N–H and O–H groups in total. The van der Waals surface area contributed by atoms with Gasteiger partial charge in [-0.2, -0.15) is 0 Å². The van der Waals surface area contributed by atoms with Crippen LogP contribution in [0, 0.1) is 12.7 Å². The van der Waals surface area contributed by atoms with Crippen molar-refractivity contribution >= 4 is 32.4 Å². The van der Waals surface area contributed by atoms with Gasteiger partial charge in [-0.05, 0) is 54.4 Å². The fourth-order valence-corrected chi connectivity index (χ4v) is 3.63. The summed E-state index contributed by atoms with van der Waals surface area (Å²) in [5.74, 6) is -0.0587. The van der Waals surface area contributed by atoms with E-state index < -0.39 is 10.8 Å². The molecule has 5 heteroatoms. The first-order valence-corrected chi connectivity index (χ1v) is 7.76. The summed E-state index contributed by atoms with van der Waals surface area (Å²) in [5, 5.41) is 0. The molecule has 1 atom stereocenters. The molecule has 0 aliphatic carbocycles. The molecule has 0 aliphatic rings. The normalized spacial score (nSPS) is 12.4. The molecule has 100 valence electrons. The van der Waals surface area contributed by atoms with E-state index >= 15 is 0 Å². The van der Waals surface area contributed by atoms with Gasteiger partial charge < -0.3 is 5.73 Å². The molecule has 19 heavy (non-hydrogen) atoms. The van der Waals surface area contributed by atoms with E-state index in [1.165, 1.54) is 12.1 Å². The van der Waals surface area contributed by atoms with Crippen molar-refractivity contribution in [1.29, 1.82) is 0 Å². The fraction of sp³-hybridized carbons (Fsp3) is 0.143. The number of aryl methyl sites for hydroxylation is 1. The van der Waals surface area contributed by atoms with Crippen molar-refractivity contribution in [2.45, 2.75) is 17.6 Å². The van der Waals surface area contributed by atoms with Gasteiger partial charge in [0.1, 0.15) is 5.82 Å². The monoisotopic (exact) mass is 341 g/mol. The molecule has 0 heterocycles. The molecule has 0 aromatic heterocycles. The highest BCUT2D eigenvalue weighted by Gasteiger charge is 2.10. The Balaban J connectivity index is 2.25. The highest BCUT2D eigenvalue weighted by Crippen LogP contribution is 2.21. The van der Waals surface area contributed by atoms with Crippen molar-refractivity contribution in [3.63, 3.8) is 0 Å². The summed E-state index contributed by atoms with van der Waals surface area (Å²) in [6.07, 6.45) is 0. The Kier molecular flexibility index (Phi) is 4.37. The van der Waals surface area contributed by atoms with Gasteiger partial charge in [-0.1, -0.05) is 15.9 Å². The lowest BCUT2D eigenvalue weighted by atomic mass is 10.2. The minimum absolute atomic E-state index is 0.279. The molecule has 0 radical (unpaired) electrons. The molecule has 0 bridgehead atoms. The van der Waals surface area contributed by atoms with Crippen molar-refractivity contribution in [3.05, 3.63) is 57.8 Å². The lowest BCUT2D eigenvalue weighted by Crippen LogP contribution is -2.00. The molecule has 2 rings (SSSR count). The van der Waals surface area contributed by atoms with Crippen LogP contribution in [0.2, 0.25) is 0 Å². The third kappa shape index (κ3) is 3.64. The Morgan fingerprint density at radius 2 is 2.00 bits per heavy atom. The summed E-state index contributed by atoms with van der Waals surface area (Å²) >= 11 is 3.23. The second kappa shape index (κ2) is 5.84. The Morgan fingerprint density at radius 1 is 1.26 bits per heavy atom. The summed E-state index contributed by atoms with van der Waals surface area (Å²) in [6, 6.07) is 9.81. The highest BCUT2D eigenvalue weighted by atomic mass is 79.9. The zero-order chi connectivity index (χ0) is 14.0. The number of benzene rings is 2. The van der Waals surface area contributed by atoms with Crippen LogP contribution >= 0.6 is 15.9 Å². The topological polar surface area (TPSA) is 43.1 Å². The third-order valence-electron chi connectivity index (χ3n) is 2.66. The van der Waals surface area contributed by atoms with E-state index in [0.29, 0.717) is 15.7 Å². The van der Waals surface area contributed by atoms with E-state index in [1.54, 1.807) is 24.3 Å². The van der Waals surface area contributed by atoms with Gasteiger partial charge in [-0.15, -0.1) is 0 Å². The standard InChI is InChI=1S/C14H13BrFNOS/c1-9-4-13(17)2-3-14(9)19(18)8-10-5-11(15)7-12(16)6-10/h2-7H,8,17H2,1H3. The summed E-state index contributed by atoms with van der Waals surface area (Å²) in [5.41, 5.74) is 7.89. The van der Waals surface area contributed by atoms with Crippen molar-refractivity contribution in [3.8, 4) is 0 Å². The highest BCUT2D eigenvalue weighted by molar-refractivity contribution is 9.10. The van der Waals surface area contributed by atoms with Crippen molar-refractivity contribution in [2.75, 3.05) is 5.73 Å². The predicted molar refractivity (Wildman–Crippen MR) is 79.8 cm³/mol. The Hall–Kier alpha value is -1.20. The van der Waals surface area contributed by atoms with Crippen LogP contribution in [0.1, 0.15) is 11.1 Å². The minimum atomic E-state index is -1.21. The van der Waals surface area contributed by atoms with E-state index in [1.807, 2.05) is 6.92 Å². The van der Waals surface area contributed by atoms with Crippen LogP contribution in [0.5, 0.6) is 0 Å². The molecule has 2 nitrogen and oxygen atoms in total. The molecule has 0 aliphatic heterocycles. The SMILES string of the molecule is Cc1cc(N)ccc1S(=O)Cc1cc(F)cc(Br)c1. The van der Waals surface area contributed by atoms with E-state index in [-0.39, 0.29) is 11.6 Å². The van der Waals surface area contributed by atoms with Crippen LogP contribution in [0.15, 0.2) is 45.8 Å². The van der Waals surface area contributed by atoms with Gasteiger partial charge in [0.25, 0.3) is 0 Å². The van der Waals surface area contributed by atoms with Gasteiger partial charge in [0.05, 0.1) is 16.6 Å². The van der Waals surface area contributed by atoms with Crippen LogP contribution in [-0.2, 0) is 16.6 Å². The Labute approximate surface area is 122 Å². The van der Waals surface area contributed by atoms with Gasteiger partial charge in [-0.3, -0.25) is 4.21 Å². The number of halogens is 2. The number of anilines is 1. The first-order valence-electron chi connectivity index (χ1n) is 5.65. The predicted octanol–water partition coefficient (Wildman–Crippen LogP) is 3.79. The number of nitrogens with two attached hydrogens (primary N) is 1. The molecule has 2 aromatic carbocycles. The summed E-state index contributed by atoms with van der Waals surface area (Å²) in [4.78, 5) is 0.731. The molecule has 0 saturated carbocycles. The van der Waals surface area contributed by atoms with Gasteiger partial charge >= 0.3 is 0 Å². The summed E-state index contributed by atoms with van der Waals surface area (Å²) in [6.45, 7) is 1.87. The number of hydrogen-bond donors (Lipinski definition) is 1. The number of rotatable bonds is 3. The van der Waals surface area contributed by atoms with E-state index in [9.17, 15) is 8.60 Å². The summed E-state index contributed by atoms with van der Waals surface area (Å²) in [7, 11) is -1.21. The van der Waals surface area contributed by atoms with Crippen molar-refractivity contribution < 1.29 is 8.60 Å². The van der Waals surface area contributed by atoms with Crippen LogP contribution in [0.25, 0.3) is 0 Å². The molecule has 2 aromatic rings. The molecule has 0 fully saturated rings. The average Bonchev–Trinajstić information content (AvgIpc) is 2.26. The van der Waals surface area contributed by atoms with Crippen LogP contribution in [-0.4, -0.2) is 4.21 Å². The second-order valence-electron chi connectivity index (χ2n) is 4.29. The Morgan fingerprint density at radius 3 is 2.63 bits per heavy atom. The molecular formula is C14H13BrFNOS. The quantitative estimate of drug-likeness (QED) is 0.863. The van der Waals surface area contributed by atoms with Gasteiger partial charge in [0.2, 0.25) is 0 Å². The third-order valence-corrected chi connectivity index (χ3v) is 4.67. The zero-order valence-corrected chi connectivity index (χ0v) is 12.7. The first kappa shape index (κ1) is 14.2. The van der Waals surface area contributed by atoms with Crippen LogP contribution in [0.3, 0.4) is 0 Å². The lowest BCUT2D eigenvalue weighted by molar-refractivity contribution is 0.625. The molecule has 0 amide bonds. The van der Waals surface area contributed by atoms with Gasteiger partial charge in [-0.25, -0.2) is 4.39 Å². The molecule has 1 unspecified atom stereocenters. The smallest absolute Gasteiger partial charge is 0.124 e. The maximum absolute atomic E-state index is 13.3. The Bertz CT molecular complexity index is 625. The number of hydrogen-bond acceptors (Lipinski definition) is 2. The molecule has 0 saturated heterocycles.